The predicted molar refractivity (Wildman–Crippen MR) is 86.8 cm³/mol. The van der Waals surface area contributed by atoms with Crippen LogP contribution in [-0.4, -0.2) is 73.9 Å². The Hall–Kier alpha value is -0.650. The predicted octanol–water partition coefficient (Wildman–Crippen LogP) is 1.62. The fourth-order valence-corrected chi connectivity index (χ4v) is 3.32. The van der Waals surface area contributed by atoms with Gasteiger partial charge in [0.15, 0.2) is 0 Å². The van der Waals surface area contributed by atoms with E-state index in [-0.39, 0.29) is 12.0 Å². The van der Waals surface area contributed by atoms with E-state index >= 15 is 0 Å². The molecule has 0 radical (unpaired) electrons. The summed E-state index contributed by atoms with van der Waals surface area (Å²) in [5, 5.41) is 0. The molecule has 0 aromatic rings. The van der Waals surface area contributed by atoms with E-state index in [2.05, 4.69) is 25.7 Å². The molecule has 3 atom stereocenters. The van der Waals surface area contributed by atoms with Crippen LogP contribution in [0.4, 0.5) is 0 Å². The first kappa shape index (κ1) is 17.7. The Morgan fingerprint density at radius 2 is 1.91 bits per heavy atom. The molecule has 2 fully saturated rings. The molecular formula is C17H32N2O3. The number of carbonyl (C=O) groups is 1. The minimum atomic E-state index is -0.325. The van der Waals surface area contributed by atoms with Crippen molar-refractivity contribution in [3.8, 4) is 0 Å². The second-order valence-corrected chi connectivity index (χ2v) is 7.13. The summed E-state index contributed by atoms with van der Waals surface area (Å²) >= 11 is 0. The van der Waals surface area contributed by atoms with E-state index in [4.69, 9.17) is 9.47 Å². The molecule has 0 N–H and O–H groups in total. The average molecular weight is 312 g/mol. The summed E-state index contributed by atoms with van der Waals surface area (Å²) in [5.74, 6) is 1.27. The van der Waals surface area contributed by atoms with Gasteiger partial charge < -0.3 is 14.4 Å². The summed E-state index contributed by atoms with van der Waals surface area (Å²) in [6, 6.07) is 0.468. The monoisotopic (exact) mass is 312 g/mol. The van der Waals surface area contributed by atoms with Gasteiger partial charge in [0.1, 0.15) is 6.10 Å². The Labute approximate surface area is 134 Å². The highest BCUT2D eigenvalue weighted by atomic mass is 16.5. The van der Waals surface area contributed by atoms with Gasteiger partial charge in [-0.1, -0.05) is 20.8 Å². The van der Waals surface area contributed by atoms with Crippen LogP contribution in [-0.2, 0) is 14.3 Å². The topological polar surface area (TPSA) is 42.0 Å². The van der Waals surface area contributed by atoms with Gasteiger partial charge in [-0.3, -0.25) is 9.69 Å². The molecule has 2 aliphatic heterocycles. The van der Waals surface area contributed by atoms with Crippen LogP contribution in [0.2, 0.25) is 0 Å². The summed E-state index contributed by atoms with van der Waals surface area (Å²) in [7, 11) is 0. The van der Waals surface area contributed by atoms with Crippen molar-refractivity contribution < 1.29 is 14.3 Å². The minimum Gasteiger partial charge on any atom is -0.379 e. The van der Waals surface area contributed by atoms with Gasteiger partial charge in [0, 0.05) is 38.8 Å². The van der Waals surface area contributed by atoms with Crippen molar-refractivity contribution >= 4 is 5.91 Å². The summed E-state index contributed by atoms with van der Waals surface area (Å²) in [6.45, 7) is 14.4. The first-order valence-electron chi connectivity index (χ1n) is 8.71. The van der Waals surface area contributed by atoms with E-state index in [1.54, 1.807) is 0 Å². The molecule has 0 bridgehead atoms. The smallest absolute Gasteiger partial charge is 0.251 e. The van der Waals surface area contributed by atoms with E-state index < -0.39 is 0 Å². The molecule has 3 unspecified atom stereocenters. The number of hydrogen-bond donors (Lipinski definition) is 0. The second-order valence-electron chi connectivity index (χ2n) is 7.13. The number of carbonyl (C=O) groups excluding carboxylic acids is 1. The summed E-state index contributed by atoms with van der Waals surface area (Å²) < 4.78 is 11.1. The van der Waals surface area contributed by atoms with E-state index in [1.807, 2.05) is 11.8 Å². The van der Waals surface area contributed by atoms with Crippen molar-refractivity contribution in [2.75, 3.05) is 46.0 Å². The largest absolute Gasteiger partial charge is 0.379 e. The van der Waals surface area contributed by atoms with Crippen LogP contribution in [0, 0.1) is 11.8 Å². The molecule has 0 spiro atoms. The van der Waals surface area contributed by atoms with Gasteiger partial charge in [0.05, 0.1) is 13.2 Å². The zero-order valence-electron chi connectivity index (χ0n) is 14.6. The van der Waals surface area contributed by atoms with Crippen molar-refractivity contribution in [1.29, 1.82) is 0 Å². The lowest BCUT2D eigenvalue weighted by atomic mass is 10.0. The first-order chi connectivity index (χ1) is 10.5. The lowest BCUT2D eigenvalue weighted by Crippen LogP contribution is -2.47. The van der Waals surface area contributed by atoms with Crippen LogP contribution in [0.25, 0.3) is 0 Å². The van der Waals surface area contributed by atoms with Crippen LogP contribution in [0.15, 0.2) is 0 Å². The Balaban J connectivity index is 1.81. The zero-order valence-corrected chi connectivity index (χ0v) is 14.6. The molecule has 2 saturated heterocycles. The molecule has 2 heterocycles. The van der Waals surface area contributed by atoms with Crippen molar-refractivity contribution in [2.24, 2.45) is 11.8 Å². The third-order valence-electron chi connectivity index (χ3n) is 4.81. The maximum Gasteiger partial charge on any atom is 0.251 e. The highest BCUT2D eigenvalue weighted by molar-refractivity contribution is 5.80. The number of likely N-dealkylation sites (tertiary alicyclic amines) is 1. The van der Waals surface area contributed by atoms with Crippen molar-refractivity contribution in [1.82, 2.24) is 9.80 Å². The lowest BCUT2D eigenvalue weighted by Gasteiger charge is -2.34. The van der Waals surface area contributed by atoms with E-state index in [0.29, 0.717) is 24.5 Å². The minimum absolute atomic E-state index is 0.145. The molecule has 0 aliphatic carbocycles. The van der Waals surface area contributed by atoms with Crippen LogP contribution >= 0.6 is 0 Å². The molecule has 1 amide bonds. The Morgan fingerprint density at radius 3 is 2.55 bits per heavy atom. The van der Waals surface area contributed by atoms with E-state index in [1.165, 1.54) is 0 Å². The maximum absolute atomic E-state index is 12.6. The van der Waals surface area contributed by atoms with Crippen LogP contribution in [0.5, 0.6) is 0 Å². The highest BCUT2D eigenvalue weighted by Crippen LogP contribution is 2.23. The van der Waals surface area contributed by atoms with E-state index in [0.717, 1.165) is 45.8 Å². The van der Waals surface area contributed by atoms with Gasteiger partial charge in [0.2, 0.25) is 0 Å². The Morgan fingerprint density at radius 1 is 1.23 bits per heavy atom. The number of ether oxygens (including phenoxy) is 2. The molecule has 0 saturated carbocycles. The summed E-state index contributed by atoms with van der Waals surface area (Å²) in [5.41, 5.74) is 0. The molecule has 0 aromatic carbocycles. The molecular weight excluding hydrogens is 280 g/mol. The fourth-order valence-electron chi connectivity index (χ4n) is 3.32. The Bertz CT molecular complexity index is 356. The van der Waals surface area contributed by atoms with Gasteiger partial charge in [-0.2, -0.15) is 0 Å². The standard InChI is InChI=1S/C17H32N2O3/c1-13(2)5-8-22-15(4)17(20)19-11-14(3)16(12-19)18-6-9-21-10-7-18/h13-16H,5-12H2,1-4H3. The third-order valence-corrected chi connectivity index (χ3v) is 4.81. The average Bonchev–Trinajstić information content (AvgIpc) is 2.88. The quantitative estimate of drug-likeness (QED) is 0.747. The number of morpholine rings is 1. The lowest BCUT2D eigenvalue weighted by molar-refractivity contribution is -0.142. The number of hydrogen-bond acceptors (Lipinski definition) is 4. The zero-order chi connectivity index (χ0) is 16.1. The van der Waals surface area contributed by atoms with Gasteiger partial charge in [0.25, 0.3) is 5.91 Å². The van der Waals surface area contributed by atoms with Crippen LogP contribution < -0.4 is 0 Å². The molecule has 2 rings (SSSR count). The second kappa shape index (κ2) is 8.27. The molecule has 22 heavy (non-hydrogen) atoms. The SMILES string of the molecule is CC(C)CCOC(C)C(=O)N1CC(C)C(N2CCOCC2)C1. The van der Waals surface area contributed by atoms with Gasteiger partial charge in [-0.15, -0.1) is 0 Å². The van der Waals surface area contributed by atoms with Crippen LogP contribution in [0.3, 0.4) is 0 Å². The van der Waals surface area contributed by atoms with Crippen molar-refractivity contribution in [3.63, 3.8) is 0 Å². The summed E-state index contributed by atoms with van der Waals surface area (Å²) in [4.78, 5) is 17.0. The van der Waals surface area contributed by atoms with Gasteiger partial charge in [-0.25, -0.2) is 0 Å². The first-order valence-corrected chi connectivity index (χ1v) is 8.71. The molecule has 128 valence electrons. The Kier molecular flexibility index (Phi) is 6.66. The fraction of sp³-hybridized carbons (Fsp3) is 0.941. The molecule has 0 aromatic heterocycles. The van der Waals surface area contributed by atoms with Gasteiger partial charge >= 0.3 is 0 Å². The highest BCUT2D eigenvalue weighted by Gasteiger charge is 2.37. The third kappa shape index (κ3) is 4.67. The van der Waals surface area contributed by atoms with Crippen molar-refractivity contribution in [3.05, 3.63) is 0 Å². The number of rotatable bonds is 6. The van der Waals surface area contributed by atoms with Crippen LogP contribution in [0.1, 0.15) is 34.1 Å². The maximum atomic E-state index is 12.6. The number of amides is 1. The molecule has 5 nitrogen and oxygen atoms in total. The normalized spacial score (nSPS) is 28.3. The summed E-state index contributed by atoms with van der Waals surface area (Å²) in [6.07, 6.45) is 0.680. The molecule has 2 aliphatic rings. The number of nitrogens with zero attached hydrogens (tertiary/aromatic N) is 2. The van der Waals surface area contributed by atoms with Crippen molar-refractivity contribution in [2.45, 2.75) is 46.3 Å². The molecule has 5 heteroatoms. The van der Waals surface area contributed by atoms with E-state index in [9.17, 15) is 4.79 Å². The van der Waals surface area contributed by atoms with Gasteiger partial charge in [-0.05, 0) is 25.2 Å².